The Morgan fingerprint density at radius 1 is 1.18 bits per heavy atom. The van der Waals surface area contributed by atoms with Crippen LogP contribution < -0.4 is 4.90 Å². The largest absolute Gasteiger partial charge is 0.353 e. The summed E-state index contributed by atoms with van der Waals surface area (Å²) in [6.07, 6.45) is 5.42. The van der Waals surface area contributed by atoms with Crippen LogP contribution in [0.2, 0.25) is 0 Å². The summed E-state index contributed by atoms with van der Waals surface area (Å²) in [7, 11) is 0. The maximum absolute atomic E-state index is 13.7. The van der Waals surface area contributed by atoms with Gasteiger partial charge in [-0.15, -0.1) is 0 Å². The summed E-state index contributed by atoms with van der Waals surface area (Å²) in [5.74, 6) is -0.141. The van der Waals surface area contributed by atoms with Crippen molar-refractivity contribution in [2.24, 2.45) is 0 Å². The van der Waals surface area contributed by atoms with Crippen LogP contribution in [0.3, 0.4) is 0 Å². The van der Waals surface area contributed by atoms with Gasteiger partial charge in [0.2, 0.25) is 5.91 Å². The average molecular weight is 442 g/mol. The molecular formula is C28H28FN3O. The van der Waals surface area contributed by atoms with Gasteiger partial charge in [-0.1, -0.05) is 17.7 Å². The molecule has 0 bridgehead atoms. The number of carbonyl (C=O) groups is 1. The quantitative estimate of drug-likeness (QED) is 0.391. The van der Waals surface area contributed by atoms with Crippen molar-refractivity contribution in [3.8, 4) is 11.4 Å². The summed E-state index contributed by atoms with van der Waals surface area (Å²) >= 11 is 0. The first-order valence-electron chi connectivity index (χ1n) is 11.6. The van der Waals surface area contributed by atoms with Crippen molar-refractivity contribution in [2.75, 3.05) is 4.90 Å². The molecule has 0 saturated carbocycles. The molecule has 5 heteroatoms. The van der Waals surface area contributed by atoms with Gasteiger partial charge < -0.3 is 9.88 Å². The van der Waals surface area contributed by atoms with Crippen molar-refractivity contribution in [3.05, 3.63) is 83.3 Å². The molecule has 168 valence electrons. The summed E-state index contributed by atoms with van der Waals surface area (Å²) in [4.78, 5) is 23.2. The molecule has 0 spiro atoms. The Balaban J connectivity index is 1.39. The lowest BCUT2D eigenvalue weighted by Gasteiger charge is -2.35. The van der Waals surface area contributed by atoms with E-state index < -0.39 is 0 Å². The van der Waals surface area contributed by atoms with E-state index in [0.717, 1.165) is 53.8 Å². The van der Waals surface area contributed by atoms with E-state index in [2.05, 4.69) is 42.0 Å². The predicted molar refractivity (Wildman–Crippen MR) is 131 cm³/mol. The molecule has 33 heavy (non-hydrogen) atoms. The lowest BCUT2D eigenvalue weighted by Crippen LogP contribution is -2.42. The summed E-state index contributed by atoms with van der Waals surface area (Å²) in [5.41, 5.74) is 7.21. The fourth-order valence-corrected chi connectivity index (χ4v) is 4.99. The maximum Gasteiger partial charge on any atom is 0.227 e. The third kappa shape index (κ3) is 4.15. The number of rotatable bonds is 5. The van der Waals surface area contributed by atoms with Crippen molar-refractivity contribution < 1.29 is 9.18 Å². The first kappa shape index (κ1) is 21.4. The number of aromatic amines is 1. The number of anilines is 1. The standard InChI is InChI=1S/C28H28FN3O/c1-18-9-13-24-23(16-18)22(28(31-24)25-7-3-4-15-30-25)6-5-8-27(33)32-19(2)10-11-20-17-21(29)12-14-26(20)32/h3-4,7,9,12-17,19,31H,5-6,8,10-11H2,1-2H3. The van der Waals surface area contributed by atoms with E-state index in [1.807, 2.05) is 23.1 Å². The molecule has 5 rings (SSSR count). The lowest BCUT2D eigenvalue weighted by molar-refractivity contribution is -0.119. The zero-order chi connectivity index (χ0) is 22.9. The normalized spacial score (nSPS) is 15.6. The molecule has 3 heterocycles. The van der Waals surface area contributed by atoms with Crippen molar-refractivity contribution >= 4 is 22.5 Å². The van der Waals surface area contributed by atoms with Crippen LogP contribution in [-0.4, -0.2) is 21.9 Å². The number of benzene rings is 2. The molecule has 1 atom stereocenters. The van der Waals surface area contributed by atoms with E-state index in [9.17, 15) is 9.18 Å². The molecule has 0 aliphatic carbocycles. The van der Waals surface area contributed by atoms with Crippen LogP contribution in [0.4, 0.5) is 10.1 Å². The zero-order valence-corrected chi connectivity index (χ0v) is 19.1. The number of pyridine rings is 1. The van der Waals surface area contributed by atoms with Crippen LogP contribution in [0.25, 0.3) is 22.3 Å². The number of nitrogens with one attached hydrogen (secondary N) is 1. The van der Waals surface area contributed by atoms with E-state index in [1.165, 1.54) is 22.6 Å². The van der Waals surface area contributed by atoms with Crippen LogP contribution >= 0.6 is 0 Å². The number of amides is 1. The van der Waals surface area contributed by atoms with Gasteiger partial charge in [0, 0.05) is 35.2 Å². The highest BCUT2D eigenvalue weighted by atomic mass is 19.1. The molecule has 2 aromatic carbocycles. The van der Waals surface area contributed by atoms with E-state index in [-0.39, 0.29) is 17.8 Å². The SMILES string of the molecule is Cc1ccc2[nH]c(-c3ccccn3)c(CCCC(=O)N3c4ccc(F)cc4CCC3C)c2c1. The molecule has 2 aromatic heterocycles. The van der Waals surface area contributed by atoms with E-state index >= 15 is 0 Å². The van der Waals surface area contributed by atoms with Gasteiger partial charge in [0.1, 0.15) is 5.82 Å². The third-order valence-electron chi connectivity index (χ3n) is 6.64. The Bertz CT molecular complexity index is 1310. The fraction of sp³-hybridized carbons (Fsp3) is 0.286. The number of nitrogens with zero attached hydrogens (tertiary/aromatic N) is 2. The van der Waals surface area contributed by atoms with E-state index in [0.29, 0.717) is 6.42 Å². The van der Waals surface area contributed by atoms with Gasteiger partial charge in [-0.2, -0.15) is 0 Å². The van der Waals surface area contributed by atoms with Gasteiger partial charge in [0.15, 0.2) is 0 Å². The average Bonchev–Trinajstić information content (AvgIpc) is 3.17. The molecule has 0 radical (unpaired) electrons. The number of fused-ring (bicyclic) bond motifs is 2. The van der Waals surface area contributed by atoms with Crippen molar-refractivity contribution in [3.63, 3.8) is 0 Å². The number of hydrogen-bond acceptors (Lipinski definition) is 2. The second kappa shape index (κ2) is 8.81. The highest BCUT2D eigenvalue weighted by Gasteiger charge is 2.28. The summed E-state index contributed by atoms with van der Waals surface area (Å²) < 4.78 is 13.7. The van der Waals surface area contributed by atoms with Crippen LogP contribution in [0.1, 0.15) is 42.9 Å². The molecule has 1 unspecified atom stereocenters. The second-order valence-corrected chi connectivity index (χ2v) is 9.02. The topological polar surface area (TPSA) is 49.0 Å². The predicted octanol–water partition coefficient (Wildman–Crippen LogP) is 6.37. The molecular weight excluding hydrogens is 413 g/mol. The Morgan fingerprint density at radius 2 is 2.06 bits per heavy atom. The Morgan fingerprint density at radius 3 is 2.88 bits per heavy atom. The molecule has 1 aliphatic rings. The van der Waals surface area contributed by atoms with Gasteiger partial charge in [-0.3, -0.25) is 9.78 Å². The van der Waals surface area contributed by atoms with E-state index in [1.54, 1.807) is 18.3 Å². The smallest absolute Gasteiger partial charge is 0.227 e. The Labute approximate surface area is 193 Å². The molecule has 1 amide bonds. The maximum atomic E-state index is 13.7. The van der Waals surface area contributed by atoms with Crippen LogP contribution in [0.15, 0.2) is 60.8 Å². The third-order valence-corrected chi connectivity index (χ3v) is 6.64. The van der Waals surface area contributed by atoms with Gasteiger partial charge in [-0.25, -0.2) is 4.39 Å². The molecule has 0 saturated heterocycles. The minimum absolute atomic E-state index is 0.102. The molecule has 1 N–H and O–H groups in total. The van der Waals surface area contributed by atoms with Crippen molar-refractivity contribution in [1.82, 2.24) is 9.97 Å². The van der Waals surface area contributed by atoms with E-state index in [4.69, 9.17) is 0 Å². The van der Waals surface area contributed by atoms with Gasteiger partial charge in [0.05, 0.1) is 11.4 Å². The number of halogens is 1. The minimum Gasteiger partial charge on any atom is -0.353 e. The number of aryl methyl sites for hydroxylation is 3. The van der Waals surface area contributed by atoms with Crippen LogP contribution in [-0.2, 0) is 17.6 Å². The monoisotopic (exact) mass is 441 g/mol. The lowest BCUT2D eigenvalue weighted by atomic mass is 9.95. The highest BCUT2D eigenvalue weighted by molar-refractivity contribution is 5.95. The summed E-state index contributed by atoms with van der Waals surface area (Å²) in [6, 6.07) is 17.2. The zero-order valence-electron chi connectivity index (χ0n) is 19.1. The van der Waals surface area contributed by atoms with Gasteiger partial charge in [-0.05, 0) is 93.1 Å². The molecule has 4 nitrogen and oxygen atoms in total. The molecule has 1 aliphatic heterocycles. The van der Waals surface area contributed by atoms with Gasteiger partial charge >= 0.3 is 0 Å². The second-order valence-electron chi connectivity index (χ2n) is 9.02. The van der Waals surface area contributed by atoms with Crippen molar-refractivity contribution in [2.45, 2.75) is 52.0 Å². The fourth-order valence-electron chi connectivity index (χ4n) is 4.99. The minimum atomic E-state index is -0.243. The van der Waals surface area contributed by atoms with Gasteiger partial charge in [0.25, 0.3) is 0 Å². The van der Waals surface area contributed by atoms with Crippen molar-refractivity contribution in [1.29, 1.82) is 0 Å². The Hall–Kier alpha value is -3.47. The number of carbonyl (C=O) groups excluding carboxylic acids is 1. The number of H-pyrrole nitrogens is 1. The molecule has 0 fully saturated rings. The number of hydrogen-bond donors (Lipinski definition) is 1. The van der Waals surface area contributed by atoms with Crippen LogP contribution in [0.5, 0.6) is 0 Å². The first-order valence-corrected chi connectivity index (χ1v) is 11.6. The Kier molecular flexibility index (Phi) is 5.71. The molecule has 4 aromatic rings. The summed E-state index contributed by atoms with van der Waals surface area (Å²) in [5, 5.41) is 1.19. The van der Waals surface area contributed by atoms with Crippen LogP contribution in [0, 0.1) is 12.7 Å². The first-order chi connectivity index (χ1) is 16.0. The summed E-state index contributed by atoms with van der Waals surface area (Å²) in [6.45, 7) is 4.17. The number of aromatic nitrogens is 2. The highest BCUT2D eigenvalue weighted by Crippen LogP contribution is 2.34.